The molecule has 0 spiro atoms. The van der Waals surface area contributed by atoms with Crippen molar-refractivity contribution in [3.05, 3.63) is 35.6 Å². The highest BCUT2D eigenvalue weighted by Gasteiger charge is 2.27. The minimum absolute atomic E-state index is 0.0781. The van der Waals surface area contributed by atoms with Crippen LogP contribution in [0.1, 0.15) is 57.9 Å². The Morgan fingerprint density at radius 3 is 2.42 bits per heavy atom. The van der Waals surface area contributed by atoms with Crippen molar-refractivity contribution in [2.75, 3.05) is 0 Å². The molecular weight excluding hydrogens is 307 g/mol. The Hall–Kier alpha value is -1.91. The second-order valence-corrected chi connectivity index (χ2v) is 6.52. The molecule has 1 aliphatic carbocycles. The van der Waals surface area contributed by atoms with Gasteiger partial charge in [0.25, 0.3) is 0 Å². The summed E-state index contributed by atoms with van der Waals surface area (Å²) in [5.74, 6) is -0.494. The minimum Gasteiger partial charge on any atom is -0.352 e. The summed E-state index contributed by atoms with van der Waals surface area (Å²) in [6.45, 7) is 3.85. The number of nitrogens with one attached hydrogen (secondary N) is 1. The average molecular weight is 334 g/mol. The molecule has 0 radical (unpaired) electrons. The second-order valence-electron chi connectivity index (χ2n) is 6.52. The lowest BCUT2D eigenvalue weighted by atomic mass is 9.95. The molecule has 0 heterocycles. The highest BCUT2D eigenvalue weighted by molar-refractivity contribution is 5.87. The van der Waals surface area contributed by atoms with Crippen molar-refractivity contribution in [2.24, 2.45) is 0 Å². The van der Waals surface area contributed by atoms with Gasteiger partial charge in [-0.25, -0.2) is 4.39 Å². The molecule has 2 amide bonds. The van der Waals surface area contributed by atoms with Crippen LogP contribution in [0.5, 0.6) is 0 Å². The van der Waals surface area contributed by atoms with Crippen molar-refractivity contribution >= 4 is 11.8 Å². The first-order chi connectivity index (χ1) is 11.5. The molecule has 1 aliphatic rings. The maximum Gasteiger partial charge on any atom is 0.242 e. The fourth-order valence-electron chi connectivity index (χ4n) is 3.14. The molecule has 0 bridgehead atoms. The summed E-state index contributed by atoms with van der Waals surface area (Å²) in [6.07, 6.45) is 5.88. The minimum atomic E-state index is -0.538. The number of hydrogen-bond acceptors (Lipinski definition) is 2. The van der Waals surface area contributed by atoms with E-state index in [9.17, 15) is 14.0 Å². The van der Waals surface area contributed by atoms with Gasteiger partial charge < -0.3 is 10.2 Å². The number of halogens is 1. The summed E-state index contributed by atoms with van der Waals surface area (Å²) in [4.78, 5) is 26.4. The number of benzene rings is 1. The van der Waals surface area contributed by atoms with E-state index >= 15 is 0 Å². The zero-order valence-corrected chi connectivity index (χ0v) is 14.6. The third-order valence-corrected chi connectivity index (χ3v) is 4.69. The number of nitrogens with zero attached hydrogens (tertiary/aromatic N) is 1. The zero-order valence-electron chi connectivity index (χ0n) is 14.6. The van der Waals surface area contributed by atoms with Gasteiger partial charge in [-0.3, -0.25) is 9.59 Å². The molecule has 2 rings (SSSR count). The Kier molecular flexibility index (Phi) is 6.76. The second kappa shape index (κ2) is 8.81. The first kappa shape index (κ1) is 18.4. The lowest BCUT2D eigenvalue weighted by Crippen LogP contribution is -2.50. The summed E-state index contributed by atoms with van der Waals surface area (Å²) in [5, 5.41) is 3.08. The maximum absolute atomic E-state index is 13.1. The fourth-order valence-corrected chi connectivity index (χ4v) is 3.14. The normalized spacial score (nSPS) is 16.5. The quantitative estimate of drug-likeness (QED) is 0.867. The molecular formula is C19H27FN2O2. The SMILES string of the molecule is CCC(=O)N(Cc1ccc(F)cc1)[C@@H](C)C(=O)NC1CCCCC1. The van der Waals surface area contributed by atoms with Gasteiger partial charge in [0.05, 0.1) is 0 Å². The summed E-state index contributed by atoms with van der Waals surface area (Å²) in [7, 11) is 0. The van der Waals surface area contributed by atoms with Gasteiger partial charge in [-0.1, -0.05) is 38.3 Å². The van der Waals surface area contributed by atoms with Crippen molar-refractivity contribution in [3.63, 3.8) is 0 Å². The van der Waals surface area contributed by atoms with Gasteiger partial charge in [0.15, 0.2) is 0 Å². The third kappa shape index (κ3) is 5.05. The van der Waals surface area contributed by atoms with Crippen LogP contribution < -0.4 is 5.32 Å². The van der Waals surface area contributed by atoms with E-state index in [2.05, 4.69) is 5.32 Å². The van der Waals surface area contributed by atoms with E-state index < -0.39 is 6.04 Å². The van der Waals surface area contributed by atoms with E-state index in [1.54, 1.807) is 30.9 Å². The van der Waals surface area contributed by atoms with Gasteiger partial charge in [0, 0.05) is 19.0 Å². The molecule has 5 heteroatoms. The van der Waals surface area contributed by atoms with Gasteiger partial charge in [-0.2, -0.15) is 0 Å². The smallest absolute Gasteiger partial charge is 0.242 e. The Balaban J connectivity index is 2.03. The predicted octanol–water partition coefficient (Wildman–Crippen LogP) is 3.40. The van der Waals surface area contributed by atoms with Crippen molar-refractivity contribution in [1.29, 1.82) is 0 Å². The van der Waals surface area contributed by atoms with E-state index in [1.165, 1.54) is 18.6 Å². The van der Waals surface area contributed by atoms with Crippen molar-refractivity contribution in [3.8, 4) is 0 Å². The van der Waals surface area contributed by atoms with Crippen molar-refractivity contribution in [1.82, 2.24) is 10.2 Å². The number of carbonyl (C=O) groups is 2. The maximum atomic E-state index is 13.1. The molecule has 1 atom stereocenters. The highest BCUT2D eigenvalue weighted by Crippen LogP contribution is 2.18. The molecule has 0 unspecified atom stereocenters. The van der Waals surface area contributed by atoms with Crippen LogP contribution in [0.2, 0.25) is 0 Å². The largest absolute Gasteiger partial charge is 0.352 e. The average Bonchev–Trinajstić information content (AvgIpc) is 2.61. The van der Waals surface area contributed by atoms with Crippen LogP contribution in [0.3, 0.4) is 0 Å². The molecule has 0 saturated heterocycles. The topological polar surface area (TPSA) is 49.4 Å². The van der Waals surface area contributed by atoms with Gasteiger partial charge in [-0.05, 0) is 37.5 Å². The first-order valence-corrected chi connectivity index (χ1v) is 8.85. The van der Waals surface area contributed by atoms with Crippen LogP contribution >= 0.6 is 0 Å². The lowest BCUT2D eigenvalue weighted by molar-refractivity contribution is -0.140. The first-order valence-electron chi connectivity index (χ1n) is 8.85. The van der Waals surface area contributed by atoms with Crippen LogP contribution in [-0.2, 0) is 16.1 Å². The zero-order chi connectivity index (χ0) is 17.5. The van der Waals surface area contributed by atoms with Gasteiger partial charge in [0.1, 0.15) is 11.9 Å². The molecule has 1 aromatic carbocycles. The molecule has 1 fully saturated rings. The predicted molar refractivity (Wildman–Crippen MR) is 91.7 cm³/mol. The monoisotopic (exact) mass is 334 g/mol. The molecule has 1 N–H and O–H groups in total. The van der Waals surface area contributed by atoms with Crippen LogP contribution in [0.4, 0.5) is 4.39 Å². The molecule has 1 saturated carbocycles. The van der Waals surface area contributed by atoms with Crippen molar-refractivity contribution < 1.29 is 14.0 Å². The standard InChI is InChI=1S/C19H27FN2O2/c1-3-18(23)22(13-15-9-11-16(20)12-10-15)14(2)19(24)21-17-7-5-4-6-8-17/h9-12,14,17H,3-8,13H2,1-2H3,(H,21,24)/t14-/m0/s1. The van der Waals surface area contributed by atoms with Crippen LogP contribution in [0, 0.1) is 5.82 Å². The fraction of sp³-hybridized carbons (Fsp3) is 0.579. The third-order valence-electron chi connectivity index (χ3n) is 4.69. The molecule has 24 heavy (non-hydrogen) atoms. The molecule has 0 aliphatic heterocycles. The van der Waals surface area contributed by atoms with Crippen molar-refractivity contribution in [2.45, 2.75) is 71.0 Å². The van der Waals surface area contributed by atoms with Crippen LogP contribution in [0.25, 0.3) is 0 Å². The molecule has 1 aromatic rings. The highest BCUT2D eigenvalue weighted by atomic mass is 19.1. The molecule has 4 nitrogen and oxygen atoms in total. The van der Waals surface area contributed by atoms with Crippen LogP contribution in [0.15, 0.2) is 24.3 Å². The summed E-state index contributed by atoms with van der Waals surface area (Å²) >= 11 is 0. The Morgan fingerprint density at radius 2 is 1.83 bits per heavy atom. The number of carbonyl (C=O) groups excluding carboxylic acids is 2. The van der Waals surface area contributed by atoms with E-state index in [1.807, 2.05) is 0 Å². The van der Waals surface area contributed by atoms with E-state index in [0.29, 0.717) is 13.0 Å². The van der Waals surface area contributed by atoms with Crippen LogP contribution in [-0.4, -0.2) is 28.8 Å². The van der Waals surface area contributed by atoms with E-state index in [4.69, 9.17) is 0 Å². The Morgan fingerprint density at radius 1 is 1.21 bits per heavy atom. The molecule has 132 valence electrons. The Labute approximate surface area is 143 Å². The van der Waals surface area contributed by atoms with E-state index in [0.717, 1.165) is 31.2 Å². The lowest BCUT2D eigenvalue weighted by Gasteiger charge is -2.31. The number of amides is 2. The van der Waals surface area contributed by atoms with E-state index in [-0.39, 0.29) is 23.7 Å². The Bertz CT molecular complexity index is 553. The summed E-state index contributed by atoms with van der Waals surface area (Å²) < 4.78 is 13.1. The molecule has 0 aromatic heterocycles. The summed E-state index contributed by atoms with van der Waals surface area (Å²) in [6, 6.07) is 5.73. The van der Waals surface area contributed by atoms with Gasteiger partial charge >= 0.3 is 0 Å². The van der Waals surface area contributed by atoms with Gasteiger partial charge in [0.2, 0.25) is 11.8 Å². The summed E-state index contributed by atoms with van der Waals surface area (Å²) in [5.41, 5.74) is 0.815. The number of rotatable bonds is 6. The number of hydrogen-bond donors (Lipinski definition) is 1. The van der Waals surface area contributed by atoms with Gasteiger partial charge in [-0.15, -0.1) is 0 Å².